The van der Waals surface area contributed by atoms with E-state index in [1.807, 2.05) is 12.1 Å². The second-order valence-electron chi connectivity index (χ2n) is 6.34. The molecule has 9 nitrogen and oxygen atoms in total. The smallest absolute Gasteiger partial charge is 0.271 e. The molecule has 2 aromatic carbocycles. The normalized spacial score (nSPS) is 11.0. The van der Waals surface area contributed by atoms with E-state index in [-0.39, 0.29) is 36.7 Å². The second-order valence-corrected chi connectivity index (χ2v) is 8.25. The Balaban J connectivity index is 1.91. The van der Waals surface area contributed by atoms with Crippen molar-refractivity contribution in [1.82, 2.24) is 5.32 Å². The van der Waals surface area contributed by atoms with Gasteiger partial charge in [-0.15, -0.1) is 0 Å². The van der Waals surface area contributed by atoms with Crippen LogP contribution in [0.5, 0.6) is 5.75 Å². The molecule has 156 valence electrons. The number of anilines is 1. The number of sulfonamides is 1. The Bertz CT molecular complexity index is 960. The monoisotopic (exact) mass is 421 g/mol. The lowest BCUT2D eigenvalue weighted by molar-refractivity contribution is -0.384. The summed E-state index contributed by atoms with van der Waals surface area (Å²) in [5.41, 5.74) is 0.905. The zero-order valence-electron chi connectivity index (χ0n) is 16.2. The molecule has 1 amide bonds. The molecule has 1 N–H and O–H groups in total. The molecule has 0 radical (unpaired) electrons. The highest BCUT2D eigenvalue weighted by Crippen LogP contribution is 2.23. The van der Waals surface area contributed by atoms with Gasteiger partial charge in [0.2, 0.25) is 15.9 Å². The van der Waals surface area contributed by atoms with E-state index in [4.69, 9.17) is 4.74 Å². The predicted molar refractivity (Wildman–Crippen MR) is 109 cm³/mol. The molecule has 29 heavy (non-hydrogen) atoms. The number of ether oxygens (including phenoxy) is 1. The van der Waals surface area contributed by atoms with Gasteiger partial charge in [-0.2, -0.15) is 0 Å². The standard InChI is InChI=1S/C19H23N3O6S/c1-28-18-10-8-15(9-11-18)14-20-19(23)7-4-12-21(29(2,26)27)16-5-3-6-17(13-16)22(24)25/h3,5-6,8-11,13H,4,7,12,14H2,1-2H3,(H,20,23). The minimum absolute atomic E-state index is 0.0377. The van der Waals surface area contributed by atoms with Crippen LogP contribution < -0.4 is 14.4 Å². The van der Waals surface area contributed by atoms with E-state index in [0.717, 1.165) is 21.9 Å². The van der Waals surface area contributed by atoms with Crippen LogP contribution in [0.4, 0.5) is 11.4 Å². The lowest BCUT2D eigenvalue weighted by Crippen LogP contribution is -2.32. The molecule has 0 unspecified atom stereocenters. The lowest BCUT2D eigenvalue weighted by Gasteiger charge is -2.22. The topological polar surface area (TPSA) is 119 Å². The van der Waals surface area contributed by atoms with Crippen LogP contribution in [0.15, 0.2) is 48.5 Å². The highest BCUT2D eigenvalue weighted by molar-refractivity contribution is 7.92. The molecule has 0 heterocycles. The van der Waals surface area contributed by atoms with Crippen LogP contribution in [-0.2, 0) is 21.4 Å². The molecule has 0 aliphatic carbocycles. The molecule has 0 saturated carbocycles. The van der Waals surface area contributed by atoms with Crippen molar-refractivity contribution in [1.29, 1.82) is 0 Å². The number of benzene rings is 2. The maximum absolute atomic E-state index is 12.1. The molecule has 0 saturated heterocycles. The number of amides is 1. The number of rotatable bonds is 10. The number of non-ortho nitro benzene ring substituents is 1. The second kappa shape index (κ2) is 9.87. The Kier molecular flexibility index (Phi) is 7.54. The first-order valence-electron chi connectivity index (χ1n) is 8.82. The van der Waals surface area contributed by atoms with Crippen molar-refractivity contribution in [2.45, 2.75) is 19.4 Å². The van der Waals surface area contributed by atoms with Gasteiger partial charge in [0.15, 0.2) is 0 Å². The highest BCUT2D eigenvalue weighted by Gasteiger charge is 2.19. The maximum Gasteiger partial charge on any atom is 0.271 e. The number of carbonyl (C=O) groups excluding carboxylic acids is 1. The van der Waals surface area contributed by atoms with E-state index in [2.05, 4.69) is 5.32 Å². The first kappa shape index (κ1) is 22.2. The molecule has 2 rings (SSSR count). The average Bonchev–Trinajstić information content (AvgIpc) is 2.69. The molecule has 10 heteroatoms. The Morgan fingerprint density at radius 2 is 1.90 bits per heavy atom. The van der Waals surface area contributed by atoms with Crippen LogP contribution >= 0.6 is 0 Å². The molecule has 0 aliphatic heterocycles. The van der Waals surface area contributed by atoms with Crippen LogP contribution in [0.1, 0.15) is 18.4 Å². The number of nitro groups is 1. The third kappa shape index (κ3) is 6.75. The van der Waals surface area contributed by atoms with Gasteiger partial charge >= 0.3 is 0 Å². The minimum atomic E-state index is -3.65. The number of nitrogens with zero attached hydrogens (tertiary/aromatic N) is 2. The van der Waals surface area contributed by atoms with E-state index < -0.39 is 14.9 Å². The predicted octanol–water partition coefficient (Wildman–Crippen LogP) is 2.47. The summed E-state index contributed by atoms with van der Waals surface area (Å²) in [6.07, 6.45) is 1.41. The van der Waals surface area contributed by atoms with Gasteiger partial charge in [0.05, 0.1) is 24.0 Å². The van der Waals surface area contributed by atoms with Crippen LogP contribution in [-0.4, -0.2) is 39.2 Å². The Morgan fingerprint density at radius 3 is 2.48 bits per heavy atom. The van der Waals surface area contributed by atoms with Gasteiger partial charge in [-0.05, 0) is 30.2 Å². The minimum Gasteiger partial charge on any atom is -0.497 e. The fraction of sp³-hybridized carbons (Fsp3) is 0.316. The molecule has 0 bridgehead atoms. The summed E-state index contributed by atoms with van der Waals surface area (Å²) in [7, 11) is -2.08. The SMILES string of the molecule is COc1ccc(CNC(=O)CCCN(c2cccc([N+](=O)[O-])c2)S(C)(=O)=O)cc1. The van der Waals surface area contributed by atoms with Crippen LogP contribution in [0.25, 0.3) is 0 Å². The maximum atomic E-state index is 12.1. The van der Waals surface area contributed by atoms with Crippen molar-refractivity contribution in [3.63, 3.8) is 0 Å². The van der Waals surface area contributed by atoms with E-state index >= 15 is 0 Å². The molecule has 0 aliphatic rings. The van der Waals surface area contributed by atoms with Crippen LogP contribution in [0, 0.1) is 10.1 Å². The van der Waals surface area contributed by atoms with Crippen molar-refractivity contribution in [2.75, 3.05) is 24.2 Å². The summed E-state index contributed by atoms with van der Waals surface area (Å²) in [5, 5.41) is 13.7. The third-order valence-electron chi connectivity index (χ3n) is 4.14. The molecular weight excluding hydrogens is 398 g/mol. The van der Waals surface area contributed by atoms with Gasteiger partial charge < -0.3 is 10.1 Å². The summed E-state index contributed by atoms with van der Waals surface area (Å²) in [4.78, 5) is 22.4. The number of hydrogen-bond acceptors (Lipinski definition) is 6. The molecule has 0 fully saturated rings. The van der Waals surface area contributed by atoms with Crippen LogP contribution in [0.2, 0.25) is 0 Å². The average molecular weight is 421 g/mol. The van der Waals surface area contributed by atoms with Crippen molar-refractivity contribution < 1.29 is 22.9 Å². The van der Waals surface area contributed by atoms with Gasteiger partial charge in [0.1, 0.15) is 5.75 Å². The Hall–Kier alpha value is -3.14. The van der Waals surface area contributed by atoms with Gasteiger partial charge in [0.25, 0.3) is 5.69 Å². The fourth-order valence-corrected chi connectivity index (χ4v) is 3.62. The molecule has 0 aromatic heterocycles. The summed E-state index contributed by atoms with van der Waals surface area (Å²) in [6, 6.07) is 12.7. The summed E-state index contributed by atoms with van der Waals surface area (Å²) >= 11 is 0. The zero-order chi connectivity index (χ0) is 21.4. The number of nitro benzene ring substituents is 1. The van der Waals surface area contributed by atoms with Gasteiger partial charge in [0, 0.05) is 31.6 Å². The molecule has 2 aromatic rings. The molecule has 0 spiro atoms. The van der Waals surface area contributed by atoms with Crippen molar-refractivity contribution in [3.05, 3.63) is 64.2 Å². The first-order valence-corrected chi connectivity index (χ1v) is 10.7. The van der Waals surface area contributed by atoms with E-state index in [0.29, 0.717) is 6.54 Å². The van der Waals surface area contributed by atoms with E-state index in [1.165, 1.54) is 24.3 Å². The van der Waals surface area contributed by atoms with Crippen molar-refractivity contribution in [3.8, 4) is 5.75 Å². The van der Waals surface area contributed by atoms with Gasteiger partial charge in [-0.3, -0.25) is 19.2 Å². The number of nitrogens with one attached hydrogen (secondary N) is 1. The lowest BCUT2D eigenvalue weighted by atomic mass is 10.2. The summed E-state index contributed by atoms with van der Waals surface area (Å²) in [5.74, 6) is 0.510. The third-order valence-corrected chi connectivity index (χ3v) is 5.34. The number of carbonyl (C=O) groups is 1. The first-order chi connectivity index (χ1) is 13.7. The van der Waals surface area contributed by atoms with Gasteiger partial charge in [-0.25, -0.2) is 8.42 Å². The van der Waals surface area contributed by atoms with Gasteiger partial charge in [-0.1, -0.05) is 18.2 Å². The van der Waals surface area contributed by atoms with Crippen molar-refractivity contribution in [2.24, 2.45) is 0 Å². The number of hydrogen-bond donors (Lipinski definition) is 1. The Labute approximate surface area is 169 Å². The summed E-state index contributed by atoms with van der Waals surface area (Å²) in [6.45, 7) is 0.388. The quantitative estimate of drug-likeness (QED) is 0.465. The Morgan fingerprint density at radius 1 is 1.21 bits per heavy atom. The van der Waals surface area contributed by atoms with E-state index in [1.54, 1.807) is 19.2 Å². The van der Waals surface area contributed by atoms with Crippen LogP contribution in [0.3, 0.4) is 0 Å². The fourth-order valence-electron chi connectivity index (χ4n) is 2.66. The zero-order valence-corrected chi connectivity index (χ0v) is 17.0. The van der Waals surface area contributed by atoms with E-state index in [9.17, 15) is 23.3 Å². The molecular formula is C19H23N3O6S. The summed E-state index contributed by atoms with van der Waals surface area (Å²) < 4.78 is 30.3. The number of methoxy groups -OCH3 is 1. The van der Waals surface area contributed by atoms with Crippen molar-refractivity contribution >= 4 is 27.3 Å². The largest absolute Gasteiger partial charge is 0.497 e. The molecule has 0 atom stereocenters. The highest BCUT2D eigenvalue weighted by atomic mass is 32.2.